The molecule has 2 rings (SSSR count). The van der Waals surface area contributed by atoms with Crippen molar-refractivity contribution < 1.29 is 9.18 Å². The summed E-state index contributed by atoms with van der Waals surface area (Å²) in [5.41, 5.74) is 1.77. The minimum absolute atomic E-state index is 0.125. The molecule has 1 N–H and O–H groups in total. The van der Waals surface area contributed by atoms with E-state index < -0.39 is 0 Å². The zero-order valence-electron chi connectivity index (χ0n) is 10.8. The van der Waals surface area contributed by atoms with Crippen molar-refractivity contribution in [2.24, 2.45) is 0 Å². The van der Waals surface area contributed by atoms with E-state index in [-0.39, 0.29) is 11.7 Å². The Morgan fingerprint density at radius 3 is 2.68 bits per heavy atom. The molecule has 0 heterocycles. The van der Waals surface area contributed by atoms with E-state index in [0.717, 1.165) is 6.42 Å². The quantitative estimate of drug-likeness (QED) is 0.890. The average molecular weight is 257 g/mol. The van der Waals surface area contributed by atoms with Crippen LogP contribution < -0.4 is 5.32 Å². The molecule has 2 nitrogen and oxygen atoms in total. The van der Waals surface area contributed by atoms with Gasteiger partial charge in [0.15, 0.2) is 0 Å². The Kier molecular flexibility index (Phi) is 4.29. The van der Waals surface area contributed by atoms with Crippen LogP contribution in [0.4, 0.5) is 4.39 Å². The second-order valence-corrected chi connectivity index (χ2v) is 4.32. The van der Waals surface area contributed by atoms with Crippen LogP contribution in [0, 0.1) is 5.82 Å². The van der Waals surface area contributed by atoms with Crippen molar-refractivity contribution in [2.45, 2.75) is 13.3 Å². The van der Waals surface area contributed by atoms with Crippen LogP contribution in [0.1, 0.15) is 23.7 Å². The molecular formula is C16H16FNO. The first-order valence-electron chi connectivity index (χ1n) is 6.35. The highest BCUT2D eigenvalue weighted by atomic mass is 19.1. The van der Waals surface area contributed by atoms with E-state index in [1.54, 1.807) is 42.5 Å². The molecule has 1 amide bonds. The highest BCUT2D eigenvalue weighted by Crippen LogP contribution is 2.23. The molecule has 3 heteroatoms. The lowest BCUT2D eigenvalue weighted by Gasteiger charge is -2.07. The van der Waals surface area contributed by atoms with Crippen molar-refractivity contribution in [3.63, 3.8) is 0 Å². The Hall–Kier alpha value is -2.16. The SMILES string of the molecule is CCCNC(=O)c1cccc(-c2ccccc2F)c1. The molecule has 2 aromatic rings. The smallest absolute Gasteiger partial charge is 0.251 e. The first kappa shape index (κ1) is 13.3. The van der Waals surface area contributed by atoms with Gasteiger partial charge in [0.25, 0.3) is 5.91 Å². The van der Waals surface area contributed by atoms with Crippen LogP contribution in [0.15, 0.2) is 48.5 Å². The summed E-state index contributed by atoms with van der Waals surface area (Å²) in [5, 5.41) is 2.81. The Morgan fingerprint density at radius 1 is 1.16 bits per heavy atom. The maximum atomic E-state index is 13.7. The number of carbonyl (C=O) groups is 1. The number of hydrogen-bond donors (Lipinski definition) is 1. The molecule has 2 aromatic carbocycles. The van der Waals surface area contributed by atoms with Crippen molar-refractivity contribution in [2.75, 3.05) is 6.54 Å². The molecule has 0 fully saturated rings. The van der Waals surface area contributed by atoms with E-state index in [9.17, 15) is 9.18 Å². The Morgan fingerprint density at radius 2 is 1.95 bits per heavy atom. The van der Waals surface area contributed by atoms with Gasteiger partial charge in [0, 0.05) is 17.7 Å². The monoisotopic (exact) mass is 257 g/mol. The summed E-state index contributed by atoms with van der Waals surface area (Å²) in [7, 11) is 0. The normalized spacial score (nSPS) is 10.2. The van der Waals surface area contributed by atoms with E-state index >= 15 is 0 Å². The van der Waals surface area contributed by atoms with Gasteiger partial charge < -0.3 is 5.32 Å². The maximum Gasteiger partial charge on any atom is 0.251 e. The largest absolute Gasteiger partial charge is 0.352 e. The molecule has 0 spiro atoms. The summed E-state index contributed by atoms with van der Waals surface area (Å²) < 4.78 is 13.7. The minimum Gasteiger partial charge on any atom is -0.352 e. The van der Waals surface area contributed by atoms with Gasteiger partial charge in [-0.1, -0.05) is 37.3 Å². The van der Waals surface area contributed by atoms with Gasteiger partial charge in [0.05, 0.1) is 0 Å². The molecule has 0 saturated carbocycles. The molecule has 0 aromatic heterocycles. The van der Waals surface area contributed by atoms with Gasteiger partial charge >= 0.3 is 0 Å². The summed E-state index contributed by atoms with van der Waals surface area (Å²) in [6.07, 6.45) is 0.888. The molecule has 0 atom stereocenters. The Balaban J connectivity index is 2.30. The highest BCUT2D eigenvalue weighted by Gasteiger charge is 2.08. The van der Waals surface area contributed by atoms with E-state index in [4.69, 9.17) is 0 Å². The van der Waals surface area contributed by atoms with Crippen LogP contribution in [0.3, 0.4) is 0 Å². The summed E-state index contributed by atoms with van der Waals surface area (Å²) in [5.74, 6) is -0.409. The first-order chi connectivity index (χ1) is 9.22. The lowest BCUT2D eigenvalue weighted by molar-refractivity contribution is 0.0953. The topological polar surface area (TPSA) is 29.1 Å². The predicted octanol–water partition coefficient (Wildman–Crippen LogP) is 3.63. The number of rotatable bonds is 4. The van der Waals surface area contributed by atoms with Crippen LogP contribution in [-0.2, 0) is 0 Å². The summed E-state index contributed by atoms with van der Waals surface area (Å²) >= 11 is 0. The fourth-order valence-corrected chi connectivity index (χ4v) is 1.86. The molecule has 0 aliphatic carbocycles. The maximum absolute atomic E-state index is 13.7. The average Bonchev–Trinajstić information content (AvgIpc) is 2.45. The van der Waals surface area contributed by atoms with Crippen molar-refractivity contribution in [3.05, 3.63) is 59.9 Å². The van der Waals surface area contributed by atoms with Gasteiger partial charge in [-0.15, -0.1) is 0 Å². The molecule has 0 bridgehead atoms. The third-order valence-electron chi connectivity index (χ3n) is 2.85. The second kappa shape index (κ2) is 6.14. The molecule has 0 aliphatic rings. The Labute approximate surface area is 112 Å². The molecule has 98 valence electrons. The highest BCUT2D eigenvalue weighted by molar-refractivity contribution is 5.95. The van der Waals surface area contributed by atoms with Crippen LogP contribution in [0.25, 0.3) is 11.1 Å². The number of halogens is 1. The number of amides is 1. The number of nitrogens with one attached hydrogen (secondary N) is 1. The number of benzene rings is 2. The molecule has 0 aliphatic heterocycles. The zero-order chi connectivity index (χ0) is 13.7. The standard InChI is InChI=1S/C16H16FNO/c1-2-10-18-16(19)13-7-5-6-12(11-13)14-8-3-4-9-15(14)17/h3-9,11H,2,10H2,1H3,(H,18,19). The molecule has 0 radical (unpaired) electrons. The van der Waals surface area contributed by atoms with E-state index in [2.05, 4.69) is 5.32 Å². The molecular weight excluding hydrogens is 241 g/mol. The fraction of sp³-hybridized carbons (Fsp3) is 0.188. The number of hydrogen-bond acceptors (Lipinski definition) is 1. The van der Waals surface area contributed by atoms with Gasteiger partial charge in [-0.05, 0) is 30.2 Å². The molecule has 0 unspecified atom stereocenters. The van der Waals surface area contributed by atoms with E-state index in [0.29, 0.717) is 23.2 Å². The van der Waals surface area contributed by atoms with Crippen molar-refractivity contribution in [1.82, 2.24) is 5.32 Å². The Bertz CT molecular complexity index is 580. The summed E-state index contributed by atoms with van der Waals surface area (Å²) in [6, 6.07) is 13.6. The van der Waals surface area contributed by atoms with Crippen LogP contribution in [0.2, 0.25) is 0 Å². The fourth-order valence-electron chi connectivity index (χ4n) is 1.86. The summed E-state index contributed by atoms with van der Waals surface area (Å²) in [4.78, 5) is 11.9. The van der Waals surface area contributed by atoms with Crippen LogP contribution >= 0.6 is 0 Å². The third-order valence-corrected chi connectivity index (χ3v) is 2.85. The van der Waals surface area contributed by atoms with Gasteiger partial charge in [0.2, 0.25) is 0 Å². The third kappa shape index (κ3) is 3.19. The van der Waals surface area contributed by atoms with Crippen LogP contribution in [-0.4, -0.2) is 12.5 Å². The second-order valence-electron chi connectivity index (χ2n) is 4.32. The summed E-state index contributed by atoms with van der Waals surface area (Å²) in [6.45, 7) is 2.64. The van der Waals surface area contributed by atoms with Crippen LogP contribution in [0.5, 0.6) is 0 Å². The van der Waals surface area contributed by atoms with Gasteiger partial charge in [0.1, 0.15) is 5.82 Å². The lowest BCUT2D eigenvalue weighted by atomic mass is 10.0. The van der Waals surface area contributed by atoms with Crippen molar-refractivity contribution in [1.29, 1.82) is 0 Å². The van der Waals surface area contributed by atoms with E-state index in [1.165, 1.54) is 6.07 Å². The molecule has 0 saturated heterocycles. The van der Waals surface area contributed by atoms with Gasteiger partial charge in [-0.3, -0.25) is 4.79 Å². The van der Waals surface area contributed by atoms with Crippen molar-refractivity contribution >= 4 is 5.91 Å². The minimum atomic E-state index is -0.284. The molecule has 19 heavy (non-hydrogen) atoms. The van der Waals surface area contributed by atoms with Crippen molar-refractivity contribution in [3.8, 4) is 11.1 Å². The van der Waals surface area contributed by atoms with Gasteiger partial charge in [-0.2, -0.15) is 0 Å². The van der Waals surface area contributed by atoms with Gasteiger partial charge in [-0.25, -0.2) is 4.39 Å². The zero-order valence-corrected chi connectivity index (χ0v) is 10.8. The lowest BCUT2D eigenvalue weighted by Crippen LogP contribution is -2.23. The first-order valence-corrected chi connectivity index (χ1v) is 6.35. The van der Waals surface area contributed by atoms with E-state index in [1.807, 2.05) is 6.92 Å². The number of carbonyl (C=O) groups excluding carboxylic acids is 1. The predicted molar refractivity (Wildman–Crippen MR) is 74.5 cm³/mol.